The van der Waals surface area contributed by atoms with Crippen molar-refractivity contribution in [1.29, 1.82) is 0 Å². The van der Waals surface area contributed by atoms with Crippen LogP contribution in [0, 0.1) is 0 Å². The molecule has 0 aromatic rings. The molecule has 3 unspecified atom stereocenters. The zero-order valence-electron chi connectivity index (χ0n) is 11.2. The monoisotopic (exact) mass is 263 g/mol. The standard InChI is InChI=1S/C12H25NO3S/c1-5-7-10(12(15)16-6-2)13-9(3)11(8-14)17-4/h9-11,13-14H,5-8H2,1-4H3. The number of carbonyl (C=O) groups excluding carboxylic acids is 1. The third-order valence-electron chi connectivity index (χ3n) is 2.65. The van der Waals surface area contributed by atoms with Gasteiger partial charge in [0, 0.05) is 11.3 Å². The average molecular weight is 263 g/mol. The molecule has 0 fully saturated rings. The number of rotatable bonds is 9. The summed E-state index contributed by atoms with van der Waals surface area (Å²) in [6.45, 7) is 6.34. The van der Waals surface area contributed by atoms with E-state index in [0.717, 1.165) is 12.8 Å². The van der Waals surface area contributed by atoms with E-state index in [1.165, 1.54) is 0 Å². The maximum atomic E-state index is 11.7. The largest absolute Gasteiger partial charge is 0.465 e. The highest BCUT2D eigenvalue weighted by atomic mass is 32.2. The van der Waals surface area contributed by atoms with Gasteiger partial charge in [0.25, 0.3) is 0 Å². The number of ether oxygens (including phenoxy) is 1. The van der Waals surface area contributed by atoms with Crippen LogP contribution in [-0.4, -0.2) is 47.9 Å². The summed E-state index contributed by atoms with van der Waals surface area (Å²) in [6.07, 6.45) is 3.64. The number of hydrogen-bond acceptors (Lipinski definition) is 5. The topological polar surface area (TPSA) is 58.6 Å². The van der Waals surface area contributed by atoms with Gasteiger partial charge in [-0.05, 0) is 26.5 Å². The molecule has 0 aliphatic heterocycles. The smallest absolute Gasteiger partial charge is 0.323 e. The minimum Gasteiger partial charge on any atom is -0.465 e. The van der Waals surface area contributed by atoms with Crippen molar-refractivity contribution in [2.45, 2.75) is 50.9 Å². The maximum absolute atomic E-state index is 11.7. The van der Waals surface area contributed by atoms with Gasteiger partial charge in [0.15, 0.2) is 0 Å². The fourth-order valence-corrected chi connectivity index (χ4v) is 2.30. The molecule has 0 aliphatic rings. The first-order valence-corrected chi connectivity index (χ1v) is 7.45. The Bertz CT molecular complexity index is 210. The zero-order valence-corrected chi connectivity index (χ0v) is 12.0. The van der Waals surface area contributed by atoms with Gasteiger partial charge in [0.1, 0.15) is 6.04 Å². The predicted molar refractivity (Wildman–Crippen MR) is 72.3 cm³/mol. The van der Waals surface area contributed by atoms with Crippen molar-refractivity contribution in [3.8, 4) is 0 Å². The van der Waals surface area contributed by atoms with Crippen molar-refractivity contribution in [3.63, 3.8) is 0 Å². The van der Waals surface area contributed by atoms with Crippen molar-refractivity contribution in [2.75, 3.05) is 19.5 Å². The van der Waals surface area contributed by atoms with Gasteiger partial charge in [-0.25, -0.2) is 0 Å². The van der Waals surface area contributed by atoms with Crippen LogP contribution in [0.3, 0.4) is 0 Å². The first kappa shape index (κ1) is 16.7. The van der Waals surface area contributed by atoms with Crippen LogP contribution in [0.2, 0.25) is 0 Å². The van der Waals surface area contributed by atoms with Gasteiger partial charge in [-0.2, -0.15) is 11.8 Å². The summed E-state index contributed by atoms with van der Waals surface area (Å²) >= 11 is 1.60. The molecule has 0 bridgehead atoms. The van der Waals surface area contributed by atoms with E-state index in [2.05, 4.69) is 5.32 Å². The van der Waals surface area contributed by atoms with Gasteiger partial charge in [-0.15, -0.1) is 0 Å². The van der Waals surface area contributed by atoms with Crippen molar-refractivity contribution in [3.05, 3.63) is 0 Å². The van der Waals surface area contributed by atoms with E-state index in [9.17, 15) is 9.90 Å². The number of esters is 1. The second kappa shape index (κ2) is 9.74. The molecular formula is C12H25NO3S. The van der Waals surface area contributed by atoms with Crippen LogP contribution < -0.4 is 5.32 Å². The quantitative estimate of drug-likeness (QED) is 0.616. The van der Waals surface area contributed by atoms with Gasteiger partial charge < -0.3 is 15.2 Å². The predicted octanol–water partition coefficient (Wildman–Crippen LogP) is 1.42. The molecule has 0 spiro atoms. The van der Waals surface area contributed by atoms with Crippen LogP contribution in [0.1, 0.15) is 33.6 Å². The highest BCUT2D eigenvalue weighted by molar-refractivity contribution is 7.99. The fraction of sp³-hybridized carbons (Fsp3) is 0.917. The van der Waals surface area contributed by atoms with E-state index in [1.54, 1.807) is 11.8 Å². The van der Waals surface area contributed by atoms with Crippen LogP contribution in [0.15, 0.2) is 0 Å². The molecule has 102 valence electrons. The summed E-state index contributed by atoms with van der Waals surface area (Å²) in [5.41, 5.74) is 0. The van der Waals surface area contributed by atoms with E-state index in [0.29, 0.717) is 6.61 Å². The average Bonchev–Trinajstić information content (AvgIpc) is 2.30. The van der Waals surface area contributed by atoms with Crippen LogP contribution in [0.25, 0.3) is 0 Å². The third kappa shape index (κ3) is 6.29. The molecule has 17 heavy (non-hydrogen) atoms. The lowest BCUT2D eigenvalue weighted by Crippen LogP contribution is -2.47. The van der Waals surface area contributed by atoms with E-state index >= 15 is 0 Å². The Balaban J connectivity index is 4.36. The molecule has 0 saturated heterocycles. The molecule has 0 heterocycles. The van der Waals surface area contributed by atoms with Crippen LogP contribution in [0.5, 0.6) is 0 Å². The number of carbonyl (C=O) groups is 1. The molecule has 2 N–H and O–H groups in total. The van der Waals surface area contributed by atoms with Gasteiger partial charge in [-0.1, -0.05) is 13.3 Å². The minimum absolute atomic E-state index is 0.0796. The molecule has 0 aromatic heterocycles. The molecule has 0 aliphatic carbocycles. The summed E-state index contributed by atoms with van der Waals surface area (Å²) in [6, 6.07) is -0.188. The van der Waals surface area contributed by atoms with Crippen molar-refractivity contribution in [2.24, 2.45) is 0 Å². The molecular weight excluding hydrogens is 238 g/mol. The Hall–Kier alpha value is -0.260. The first-order chi connectivity index (χ1) is 8.10. The number of nitrogens with one attached hydrogen (secondary N) is 1. The summed E-state index contributed by atoms with van der Waals surface area (Å²) < 4.78 is 5.03. The van der Waals surface area contributed by atoms with Crippen LogP contribution in [0.4, 0.5) is 0 Å². The molecule has 4 nitrogen and oxygen atoms in total. The Morgan fingerprint density at radius 2 is 2.12 bits per heavy atom. The van der Waals surface area contributed by atoms with Crippen molar-refractivity contribution < 1.29 is 14.6 Å². The Morgan fingerprint density at radius 1 is 1.47 bits per heavy atom. The van der Waals surface area contributed by atoms with Crippen LogP contribution in [-0.2, 0) is 9.53 Å². The SMILES string of the molecule is CCCC(NC(C)C(CO)SC)C(=O)OCC. The highest BCUT2D eigenvalue weighted by Gasteiger charge is 2.24. The molecule has 0 radical (unpaired) electrons. The van der Waals surface area contributed by atoms with Gasteiger partial charge >= 0.3 is 5.97 Å². The second-order valence-electron chi connectivity index (χ2n) is 4.01. The summed E-state index contributed by atoms with van der Waals surface area (Å²) in [7, 11) is 0. The van der Waals surface area contributed by atoms with E-state index in [1.807, 2.05) is 27.0 Å². The van der Waals surface area contributed by atoms with E-state index in [4.69, 9.17) is 4.74 Å². The maximum Gasteiger partial charge on any atom is 0.323 e. The molecule has 0 saturated carbocycles. The van der Waals surface area contributed by atoms with Crippen molar-refractivity contribution in [1.82, 2.24) is 5.32 Å². The number of aliphatic hydroxyl groups excluding tert-OH is 1. The lowest BCUT2D eigenvalue weighted by Gasteiger charge is -2.26. The molecule has 0 amide bonds. The first-order valence-electron chi connectivity index (χ1n) is 6.16. The van der Waals surface area contributed by atoms with Crippen molar-refractivity contribution >= 4 is 17.7 Å². The Labute approximate surface area is 108 Å². The fourth-order valence-electron chi connectivity index (χ4n) is 1.66. The molecule has 5 heteroatoms. The lowest BCUT2D eigenvalue weighted by molar-refractivity contribution is -0.146. The van der Waals surface area contributed by atoms with Gasteiger partial charge in [-0.3, -0.25) is 4.79 Å². The summed E-state index contributed by atoms with van der Waals surface area (Å²) in [4.78, 5) is 11.7. The number of aliphatic hydroxyl groups is 1. The highest BCUT2D eigenvalue weighted by Crippen LogP contribution is 2.12. The molecule has 0 aromatic carbocycles. The molecule has 0 rings (SSSR count). The zero-order chi connectivity index (χ0) is 13.3. The van der Waals surface area contributed by atoms with E-state index in [-0.39, 0.29) is 29.9 Å². The molecule has 3 atom stereocenters. The third-order valence-corrected chi connectivity index (χ3v) is 3.82. The normalized spacial score (nSPS) is 16.3. The van der Waals surface area contributed by atoms with Gasteiger partial charge in [0.2, 0.25) is 0 Å². The Kier molecular flexibility index (Phi) is 9.59. The Morgan fingerprint density at radius 3 is 2.53 bits per heavy atom. The summed E-state index contributed by atoms with van der Waals surface area (Å²) in [5.74, 6) is -0.195. The number of hydrogen-bond donors (Lipinski definition) is 2. The minimum atomic E-state index is -0.267. The second-order valence-corrected chi connectivity index (χ2v) is 5.08. The van der Waals surface area contributed by atoms with Gasteiger partial charge in [0.05, 0.1) is 13.2 Å². The van der Waals surface area contributed by atoms with E-state index < -0.39 is 0 Å². The summed E-state index contributed by atoms with van der Waals surface area (Å²) in [5, 5.41) is 12.6. The lowest BCUT2D eigenvalue weighted by atomic mass is 10.1. The number of thioether (sulfide) groups is 1. The van der Waals surface area contributed by atoms with Crippen LogP contribution >= 0.6 is 11.8 Å².